The fraction of sp³-hybridized carbons (Fsp3) is 0.292. The van der Waals surface area contributed by atoms with E-state index < -0.39 is 5.97 Å². The van der Waals surface area contributed by atoms with Crippen LogP contribution in [0.25, 0.3) is 6.08 Å². The van der Waals surface area contributed by atoms with Gasteiger partial charge in [0.05, 0.1) is 13.2 Å². The third-order valence-electron chi connectivity index (χ3n) is 5.69. The Kier molecular flexibility index (Phi) is 5.26. The van der Waals surface area contributed by atoms with Crippen molar-refractivity contribution < 1.29 is 19.1 Å². The fourth-order valence-electron chi connectivity index (χ4n) is 4.00. The summed E-state index contributed by atoms with van der Waals surface area (Å²) >= 11 is 0. The lowest BCUT2D eigenvalue weighted by Gasteiger charge is -2.28. The van der Waals surface area contributed by atoms with Crippen LogP contribution in [0.15, 0.2) is 59.2 Å². The quantitative estimate of drug-likeness (QED) is 0.565. The van der Waals surface area contributed by atoms with Crippen molar-refractivity contribution in [1.29, 1.82) is 0 Å². The molecule has 3 aliphatic heterocycles. The molecule has 0 spiro atoms. The highest BCUT2D eigenvalue weighted by Crippen LogP contribution is 2.25. The Labute approximate surface area is 180 Å². The van der Waals surface area contributed by atoms with E-state index in [1.807, 2.05) is 48.5 Å². The molecule has 7 nitrogen and oxygen atoms in total. The molecule has 0 unspecified atom stereocenters. The number of aliphatic imine (C=N–C) groups is 1. The zero-order valence-electron chi connectivity index (χ0n) is 17.1. The zero-order chi connectivity index (χ0) is 21.2. The van der Waals surface area contributed by atoms with Crippen LogP contribution in [0.2, 0.25) is 0 Å². The van der Waals surface area contributed by atoms with Gasteiger partial charge in [0.2, 0.25) is 11.8 Å². The molecule has 0 atom stereocenters. The molecule has 0 aliphatic carbocycles. The minimum atomic E-state index is -0.467. The van der Waals surface area contributed by atoms with Gasteiger partial charge < -0.3 is 19.3 Å². The molecular weight excluding hydrogens is 394 g/mol. The van der Waals surface area contributed by atoms with E-state index in [0.29, 0.717) is 12.0 Å². The number of esters is 1. The average Bonchev–Trinajstić information content (AvgIpc) is 3.40. The first kappa shape index (κ1) is 19.5. The number of morpholine rings is 1. The summed E-state index contributed by atoms with van der Waals surface area (Å²) in [6.07, 6.45) is 3.20. The minimum Gasteiger partial charge on any atom is -0.402 e. The van der Waals surface area contributed by atoms with E-state index in [1.165, 1.54) is 0 Å². The number of carbonyl (C=O) groups is 2. The molecule has 2 aromatic carbocycles. The molecule has 2 fully saturated rings. The van der Waals surface area contributed by atoms with Crippen molar-refractivity contribution in [2.75, 3.05) is 42.6 Å². The molecule has 0 saturated carbocycles. The normalized spacial score (nSPS) is 20.4. The lowest BCUT2D eigenvalue weighted by molar-refractivity contribution is -0.130. The second kappa shape index (κ2) is 8.35. The molecule has 7 heteroatoms. The maximum absolute atomic E-state index is 12.3. The third kappa shape index (κ3) is 4.09. The van der Waals surface area contributed by atoms with Crippen molar-refractivity contribution in [3.05, 3.63) is 65.4 Å². The number of rotatable bonds is 4. The van der Waals surface area contributed by atoms with E-state index in [2.05, 4.69) is 9.89 Å². The summed E-state index contributed by atoms with van der Waals surface area (Å²) in [5.41, 5.74) is 3.85. The topological polar surface area (TPSA) is 71.4 Å². The second-order valence-electron chi connectivity index (χ2n) is 7.72. The molecule has 5 rings (SSSR count). The second-order valence-corrected chi connectivity index (χ2v) is 7.72. The van der Waals surface area contributed by atoms with Gasteiger partial charge in [-0.25, -0.2) is 9.79 Å². The average molecular weight is 417 g/mol. The number of amides is 1. The van der Waals surface area contributed by atoms with Crippen LogP contribution < -0.4 is 9.80 Å². The van der Waals surface area contributed by atoms with Crippen LogP contribution >= 0.6 is 0 Å². The van der Waals surface area contributed by atoms with Crippen LogP contribution in [0.5, 0.6) is 0 Å². The summed E-state index contributed by atoms with van der Waals surface area (Å²) < 4.78 is 10.8. The number of benzene rings is 2. The SMILES string of the molecule is O=C1OC(c2ccc(N3CCCC3=O)cc2)=N/C1=C\c1ccc(N2CCOCC2)cc1. The molecule has 1 amide bonds. The van der Waals surface area contributed by atoms with Gasteiger partial charge in [0, 0.05) is 43.0 Å². The van der Waals surface area contributed by atoms with Gasteiger partial charge in [-0.1, -0.05) is 12.1 Å². The standard InChI is InChI=1S/C24H23N3O4/c28-22-2-1-11-27(22)20-9-5-18(6-10-20)23-25-21(24(29)31-23)16-17-3-7-19(8-4-17)26-12-14-30-15-13-26/h3-10,16H,1-2,11-15H2/b21-16-. The number of carbonyl (C=O) groups excluding carboxylic acids is 2. The Morgan fingerprint density at radius 2 is 1.58 bits per heavy atom. The molecule has 0 bridgehead atoms. The first-order chi connectivity index (χ1) is 15.2. The number of anilines is 2. The summed E-state index contributed by atoms with van der Waals surface area (Å²) in [5, 5.41) is 0. The van der Waals surface area contributed by atoms with Crippen LogP contribution in [0, 0.1) is 0 Å². The van der Waals surface area contributed by atoms with Crippen molar-refractivity contribution >= 4 is 35.2 Å². The van der Waals surface area contributed by atoms with Crippen LogP contribution in [-0.2, 0) is 19.1 Å². The monoisotopic (exact) mass is 417 g/mol. The summed E-state index contributed by atoms with van der Waals surface area (Å²) in [4.78, 5) is 32.7. The predicted molar refractivity (Wildman–Crippen MR) is 118 cm³/mol. The Balaban J connectivity index is 1.31. The number of hydrogen-bond acceptors (Lipinski definition) is 6. The molecule has 158 valence electrons. The van der Waals surface area contributed by atoms with Crippen molar-refractivity contribution in [3.8, 4) is 0 Å². The Bertz CT molecular complexity index is 1050. The lowest BCUT2D eigenvalue weighted by atomic mass is 10.1. The number of nitrogens with zero attached hydrogens (tertiary/aromatic N) is 3. The van der Waals surface area contributed by atoms with E-state index in [1.54, 1.807) is 11.0 Å². The number of ether oxygens (including phenoxy) is 2. The Morgan fingerprint density at radius 3 is 2.26 bits per heavy atom. The van der Waals surface area contributed by atoms with E-state index in [9.17, 15) is 9.59 Å². The predicted octanol–water partition coefficient (Wildman–Crippen LogP) is 2.99. The highest BCUT2D eigenvalue weighted by Gasteiger charge is 2.25. The van der Waals surface area contributed by atoms with Crippen LogP contribution in [0.3, 0.4) is 0 Å². The first-order valence-electron chi connectivity index (χ1n) is 10.5. The van der Waals surface area contributed by atoms with Gasteiger partial charge in [0.15, 0.2) is 5.70 Å². The molecule has 3 aliphatic rings. The van der Waals surface area contributed by atoms with Gasteiger partial charge in [-0.2, -0.15) is 0 Å². The molecule has 0 aromatic heterocycles. The van der Waals surface area contributed by atoms with Gasteiger partial charge in [-0.3, -0.25) is 4.79 Å². The number of hydrogen-bond donors (Lipinski definition) is 0. The Morgan fingerprint density at radius 1 is 0.871 bits per heavy atom. The first-order valence-corrected chi connectivity index (χ1v) is 10.5. The van der Waals surface area contributed by atoms with E-state index in [0.717, 1.165) is 56.2 Å². The summed E-state index contributed by atoms with van der Waals surface area (Å²) in [6.45, 7) is 3.98. The molecule has 31 heavy (non-hydrogen) atoms. The largest absolute Gasteiger partial charge is 0.402 e. The van der Waals surface area contributed by atoms with Crippen LogP contribution in [-0.4, -0.2) is 50.6 Å². The number of cyclic esters (lactones) is 1. The van der Waals surface area contributed by atoms with Gasteiger partial charge >= 0.3 is 5.97 Å². The van der Waals surface area contributed by atoms with Crippen LogP contribution in [0.4, 0.5) is 11.4 Å². The van der Waals surface area contributed by atoms with Crippen molar-refractivity contribution in [3.63, 3.8) is 0 Å². The molecule has 2 saturated heterocycles. The molecule has 3 heterocycles. The molecule has 2 aromatic rings. The minimum absolute atomic E-state index is 0.141. The smallest absolute Gasteiger partial charge is 0.363 e. The third-order valence-corrected chi connectivity index (χ3v) is 5.69. The van der Waals surface area contributed by atoms with E-state index >= 15 is 0 Å². The van der Waals surface area contributed by atoms with E-state index in [-0.39, 0.29) is 17.5 Å². The van der Waals surface area contributed by atoms with Gasteiger partial charge in [-0.05, 0) is 54.5 Å². The summed E-state index contributed by atoms with van der Waals surface area (Å²) in [5.74, 6) is -0.0474. The summed E-state index contributed by atoms with van der Waals surface area (Å²) in [7, 11) is 0. The molecule has 0 radical (unpaired) electrons. The lowest BCUT2D eigenvalue weighted by Crippen LogP contribution is -2.36. The van der Waals surface area contributed by atoms with Crippen molar-refractivity contribution in [2.24, 2.45) is 4.99 Å². The maximum atomic E-state index is 12.3. The fourth-order valence-corrected chi connectivity index (χ4v) is 4.00. The highest BCUT2D eigenvalue weighted by molar-refractivity contribution is 6.13. The van der Waals surface area contributed by atoms with Crippen molar-refractivity contribution in [2.45, 2.75) is 12.8 Å². The Hall–Kier alpha value is -3.45. The van der Waals surface area contributed by atoms with Gasteiger partial charge in [0.25, 0.3) is 0 Å². The summed E-state index contributed by atoms with van der Waals surface area (Å²) in [6, 6.07) is 15.4. The molecular formula is C24H23N3O4. The van der Waals surface area contributed by atoms with Gasteiger partial charge in [-0.15, -0.1) is 0 Å². The van der Waals surface area contributed by atoms with Crippen LogP contribution in [0.1, 0.15) is 24.0 Å². The molecule has 0 N–H and O–H groups in total. The zero-order valence-corrected chi connectivity index (χ0v) is 17.1. The van der Waals surface area contributed by atoms with Gasteiger partial charge in [0.1, 0.15) is 0 Å². The highest BCUT2D eigenvalue weighted by atomic mass is 16.6. The van der Waals surface area contributed by atoms with Crippen molar-refractivity contribution in [1.82, 2.24) is 0 Å². The van der Waals surface area contributed by atoms with E-state index in [4.69, 9.17) is 9.47 Å². The maximum Gasteiger partial charge on any atom is 0.363 e.